The van der Waals surface area contributed by atoms with Crippen LogP contribution in [0.15, 0.2) is 12.2 Å². The minimum atomic E-state index is -0.961. The average Bonchev–Trinajstić information content (AvgIpc) is 2.62. The lowest BCUT2D eigenvalue weighted by molar-refractivity contribution is -0.132. The molecule has 0 saturated heterocycles. The molecule has 4 nitrogen and oxygen atoms in total. The van der Waals surface area contributed by atoms with Crippen molar-refractivity contribution in [2.45, 2.75) is 130 Å². The van der Waals surface area contributed by atoms with Crippen LogP contribution in [0, 0.1) is 5.92 Å². The molecule has 0 rings (SSSR count). The summed E-state index contributed by atoms with van der Waals surface area (Å²) in [6, 6.07) is 0. The molecule has 168 valence electrons. The summed E-state index contributed by atoms with van der Waals surface area (Å²) in [4.78, 5) is 9.60. The zero-order valence-corrected chi connectivity index (χ0v) is 19.3. The highest BCUT2D eigenvalue weighted by atomic mass is 16.4. The number of carboxylic acids is 1. The van der Waals surface area contributed by atoms with Gasteiger partial charge in [0.2, 0.25) is 0 Å². The van der Waals surface area contributed by atoms with Crippen LogP contribution in [-0.4, -0.2) is 21.9 Å². The van der Waals surface area contributed by atoms with Crippen LogP contribution < -0.4 is 5.73 Å². The van der Waals surface area contributed by atoms with E-state index in [1.54, 1.807) is 0 Å². The molecule has 0 spiro atoms. The Balaban J connectivity index is 0. The van der Waals surface area contributed by atoms with E-state index in [1.165, 1.54) is 90.4 Å². The predicted molar refractivity (Wildman–Crippen MR) is 121 cm³/mol. The van der Waals surface area contributed by atoms with Gasteiger partial charge in [-0.3, -0.25) is 0 Å². The molecule has 4 N–H and O–H groups in total. The predicted octanol–water partition coefficient (Wildman–Crippen LogP) is 6.81. The highest BCUT2D eigenvalue weighted by Crippen LogP contribution is 2.19. The molecule has 0 bridgehead atoms. The van der Waals surface area contributed by atoms with E-state index >= 15 is 0 Å². The molecule has 4 heteroatoms. The van der Waals surface area contributed by atoms with Gasteiger partial charge in [-0.2, -0.15) is 0 Å². The van der Waals surface area contributed by atoms with Gasteiger partial charge in [0.25, 0.3) is 0 Å². The van der Waals surface area contributed by atoms with Crippen LogP contribution in [0.2, 0.25) is 0 Å². The van der Waals surface area contributed by atoms with E-state index in [4.69, 9.17) is 10.8 Å². The lowest BCUT2D eigenvalue weighted by Gasteiger charge is -2.27. The third kappa shape index (κ3) is 21.4. The molecule has 0 radical (unpaired) electrons. The minimum Gasteiger partial charge on any atom is -0.478 e. The molecule has 0 amide bonds. The van der Waals surface area contributed by atoms with Crippen LogP contribution in [0.4, 0.5) is 0 Å². The Labute approximate surface area is 175 Å². The summed E-state index contributed by atoms with van der Waals surface area (Å²) in [5.74, 6) is -0.788. The summed E-state index contributed by atoms with van der Waals surface area (Å²) in [5, 5.41) is 17.9. The number of nitrogens with two attached hydrogens (primary N) is 1. The molecule has 28 heavy (non-hydrogen) atoms. The average molecular weight is 400 g/mol. The van der Waals surface area contributed by atoms with Crippen molar-refractivity contribution in [2.24, 2.45) is 11.7 Å². The second kappa shape index (κ2) is 19.4. The van der Waals surface area contributed by atoms with Gasteiger partial charge in [-0.05, 0) is 25.7 Å². The molecule has 0 aromatic carbocycles. The van der Waals surface area contributed by atoms with Crippen molar-refractivity contribution >= 4 is 5.97 Å². The molecule has 0 aliphatic carbocycles. The van der Waals surface area contributed by atoms with Crippen molar-refractivity contribution in [3.05, 3.63) is 12.2 Å². The second-order valence-electron chi connectivity index (χ2n) is 8.58. The van der Waals surface area contributed by atoms with E-state index in [1.807, 2.05) is 13.8 Å². The number of hydrogen-bond donors (Lipinski definition) is 3. The van der Waals surface area contributed by atoms with E-state index < -0.39 is 11.7 Å². The van der Waals surface area contributed by atoms with Crippen LogP contribution in [0.1, 0.15) is 124 Å². The maximum atomic E-state index is 9.96. The fourth-order valence-corrected chi connectivity index (χ4v) is 2.89. The molecule has 0 aliphatic rings. The van der Waals surface area contributed by atoms with Crippen molar-refractivity contribution < 1.29 is 15.0 Å². The summed E-state index contributed by atoms with van der Waals surface area (Å²) >= 11 is 0. The zero-order chi connectivity index (χ0) is 21.8. The molecule has 0 aromatic heterocycles. The first-order valence-corrected chi connectivity index (χ1v) is 11.5. The summed E-state index contributed by atoms with van der Waals surface area (Å²) in [6.45, 7) is 10.9. The van der Waals surface area contributed by atoms with E-state index in [9.17, 15) is 9.90 Å². The molecule has 0 fully saturated rings. The first kappa shape index (κ1) is 29.3. The maximum absolute atomic E-state index is 9.96. The van der Waals surface area contributed by atoms with Crippen LogP contribution >= 0.6 is 0 Å². The van der Waals surface area contributed by atoms with Crippen molar-refractivity contribution in [3.63, 3.8) is 0 Å². The van der Waals surface area contributed by atoms with Gasteiger partial charge in [-0.25, -0.2) is 4.79 Å². The van der Waals surface area contributed by atoms with Gasteiger partial charge in [-0.1, -0.05) is 111 Å². The van der Waals surface area contributed by atoms with Gasteiger partial charge in [0.05, 0.1) is 0 Å². The Hall–Kier alpha value is -0.870. The summed E-state index contributed by atoms with van der Waals surface area (Å²) in [5.41, 5.74) is 5.08. The number of aliphatic carboxylic acids is 1. The van der Waals surface area contributed by atoms with E-state index in [0.717, 1.165) is 12.8 Å². The van der Waals surface area contributed by atoms with Gasteiger partial charge in [0.1, 0.15) is 5.72 Å². The first-order chi connectivity index (χ1) is 13.1. The first-order valence-electron chi connectivity index (χ1n) is 11.5. The van der Waals surface area contributed by atoms with Crippen LogP contribution in [0.25, 0.3) is 0 Å². The Morgan fingerprint density at radius 2 is 1.14 bits per heavy atom. The van der Waals surface area contributed by atoms with Crippen molar-refractivity contribution in [2.75, 3.05) is 0 Å². The van der Waals surface area contributed by atoms with Gasteiger partial charge in [0.15, 0.2) is 0 Å². The number of carbonyl (C=O) groups is 1. The number of hydrogen-bond acceptors (Lipinski definition) is 3. The second-order valence-corrected chi connectivity index (χ2v) is 8.58. The zero-order valence-electron chi connectivity index (χ0n) is 19.3. The lowest BCUT2D eigenvalue weighted by atomic mass is 9.94. The van der Waals surface area contributed by atoms with Crippen LogP contribution in [0.3, 0.4) is 0 Å². The Morgan fingerprint density at radius 1 is 0.857 bits per heavy atom. The molecule has 0 aromatic rings. The normalized spacial score (nSPS) is 13.0. The number of unbranched alkanes of at least 4 members (excludes halogenated alkanes) is 13. The molecule has 1 atom stereocenters. The van der Waals surface area contributed by atoms with Gasteiger partial charge in [0, 0.05) is 5.57 Å². The SMILES string of the molecule is C=C(C)C(=O)O.CCCCCCCCCCCCCCCCC(N)(O)C(C)C. The molecular weight excluding hydrogens is 350 g/mol. The Kier molecular flexibility index (Phi) is 20.4. The summed E-state index contributed by atoms with van der Waals surface area (Å²) in [7, 11) is 0. The summed E-state index contributed by atoms with van der Waals surface area (Å²) < 4.78 is 0. The van der Waals surface area contributed by atoms with Gasteiger partial charge >= 0.3 is 5.97 Å². The third-order valence-electron chi connectivity index (χ3n) is 5.30. The van der Waals surface area contributed by atoms with Crippen molar-refractivity contribution in [1.82, 2.24) is 0 Å². The highest BCUT2D eigenvalue weighted by molar-refractivity contribution is 5.84. The van der Waals surface area contributed by atoms with E-state index in [-0.39, 0.29) is 11.5 Å². The molecule has 0 heterocycles. The van der Waals surface area contributed by atoms with Crippen LogP contribution in [0.5, 0.6) is 0 Å². The standard InChI is InChI=1S/C20H43NO.C4H6O2/c1-4-5-6-7-8-9-10-11-12-13-14-15-16-17-18-20(21,22)19(2)3;1-3(2)4(5)6/h19,22H,4-18,21H2,1-3H3;1H2,2H3,(H,5,6). The fourth-order valence-electron chi connectivity index (χ4n) is 2.89. The number of aliphatic hydroxyl groups is 1. The molecule has 1 unspecified atom stereocenters. The maximum Gasteiger partial charge on any atom is 0.330 e. The number of rotatable bonds is 17. The quantitative estimate of drug-likeness (QED) is 0.142. The minimum absolute atomic E-state index is 0.148. The van der Waals surface area contributed by atoms with Crippen molar-refractivity contribution in [1.29, 1.82) is 0 Å². The molecule has 0 aliphatic heterocycles. The van der Waals surface area contributed by atoms with Crippen molar-refractivity contribution in [3.8, 4) is 0 Å². The Morgan fingerprint density at radius 3 is 1.39 bits per heavy atom. The van der Waals surface area contributed by atoms with Crippen LogP contribution in [-0.2, 0) is 4.79 Å². The van der Waals surface area contributed by atoms with E-state index in [2.05, 4.69) is 13.5 Å². The Bertz CT molecular complexity index is 366. The van der Waals surface area contributed by atoms with Gasteiger partial charge in [-0.15, -0.1) is 0 Å². The molecule has 0 saturated carbocycles. The highest BCUT2D eigenvalue weighted by Gasteiger charge is 2.24. The van der Waals surface area contributed by atoms with E-state index in [0.29, 0.717) is 0 Å². The monoisotopic (exact) mass is 399 g/mol. The van der Waals surface area contributed by atoms with Gasteiger partial charge < -0.3 is 15.9 Å². The third-order valence-corrected chi connectivity index (χ3v) is 5.30. The largest absolute Gasteiger partial charge is 0.478 e. The number of carboxylic acid groups (broad SMARTS) is 1. The fraction of sp³-hybridized carbons (Fsp3) is 0.875. The topological polar surface area (TPSA) is 83.5 Å². The lowest BCUT2D eigenvalue weighted by Crippen LogP contribution is -2.44. The summed E-state index contributed by atoms with van der Waals surface area (Å²) in [6.07, 6.45) is 19.8. The molecular formula is C24H49NO3. The smallest absolute Gasteiger partial charge is 0.330 e.